The molecule has 0 aromatic carbocycles. The number of carbonyl (C=O) groups is 2. The number of aryl methyl sites for hydroxylation is 2. The lowest BCUT2D eigenvalue weighted by molar-refractivity contribution is -0.137. The topological polar surface area (TPSA) is 96.6 Å². The van der Waals surface area contributed by atoms with Gasteiger partial charge in [-0.3, -0.25) is 9.59 Å². The van der Waals surface area contributed by atoms with Crippen molar-refractivity contribution in [3.05, 3.63) is 29.2 Å². The molecule has 0 unspecified atom stereocenters. The maximum Gasteiger partial charge on any atom is 0.305 e. The highest BCUT2D eigenvalue weighted by Crippen LogP contribution is 2.13. The van der Waals surface area contributed by atoms with Crippen molar-refractivity contribution in [3.63, 3.8) is 0 Å². The smallest absolute Gasteiger partial charge is 0.305 e. The molecule has 22 heavy (non-hydrogen) atoms. The molecule has 1 atom stereocenters. The second kappa shape index (κ2) is 6.55. The highest BCUT2D eigenvalue weighted by molar-refractivity contribution is 6.00. The molecule has 0 aliphatic carbocycles. The van der Waals surface area contributed by atoms with Crippen LogP contribution in [0.2, 0.25) is 0 Å². The maximum absolute atomic E-state index is 12.4. The van der Waals surface area contributed by atoms with E-state index in [4.69, 9.17) is 5.11 Å². The quantitative estimate of drug-likeness (QED) is 0.847. The molecule has 0 aliphatic rings. The first-order chi connectivity index (χ1) is 10.4. The van der Waals surface area contributed by atoms with Gasteiger partial charge in [0.1, 0.15) is 5.56 Å². The number of nitrogens with zero attached hydrogens (tertiary/aromatic N) is 3. The molecule has 2 aromatic rings. The van der Waals surface area contributed by atoms with E-state index in [1.807, 2.05) is 26.8 Å². The van der Waals surface area contributed by atoms with Crippen LogP contribution in [-0.4, -0.2) is 37.6 Å². The van der Waals surface area contributed by atoms with E-state index in [2.05, 4.69) is 15.4 Å². The van der Waals surface area contributed by atoms with Crippen LogP contribution in [0, 0.1) is 13.8 Å². The lowest BCUT2D eigenvalue weighted by Gasteiger charge is -2.15. The molecule has 2 heterocycles. The van der Waals surface area contributed by atoms with Crippen molar-refractivity contribution >= 4 is 17.5 Å². The van der Waals surface area contributed by atoms with Gasteiger partial charge in [-0.25, -0.2) is 9.50 Å². The standard InChI is InChI=1S/C15H20N4O3/c1-4-5-11(7-13(20)21)18-15(22)12-8-16-19-10(3)6-9(2)17-14(12)19/h6,8,11H,4-5,7H2,1-3H3,(H,18,22)(H,20,21)/t11-/m1/s1. The second-order valence-electron chi connectivity index (χ2n) is 5.39. The van der Waals surface area contributed by atoms with E-state index >= 15 is 0 Å². The van der Waals surface area contributed by atoms with Crippen molar-refractivity contribution in [2.75, 3.05) is 0 Å². The Hall–Kier alpha value is -2.44. The zero-order valence-electron chi connectivity index (χ0n) is 13.0. The van der Waals surface area contributed by atoms with Gasteiger partial charge in [-0.1, -0.05) is 13.3 Å². The highest BCUT2D eigenvalue weighted by atomic mass is 16.4. The summed E-state index contributed by atoms with van der Waals surface area (Å²) < 4.78 is 1.61. The van der Waals surface area contributed by atoms with Gasteiger partial charge in [0.05, 0.1) is 12.6 Å². The minimum absolute atomic E-state index is 0.0930. The Morgan fingerprint density at radius 3 is 2.77 bits per heavy atom. The van der Waals surface area contributed by atoms with E-state index in [9.17, 15) is 9.59 Å². The number of hydrogen-bond donors (Lipinski definition) is 2. The number of aromatic nitrogens is 3. The van der Waals surface area contributed by atoms with Gasteiger partial charge in [0, 0.05) is 17.4 Å². The van der Waals surface area contributed by atoms with Crippen LogP contribution < -0.4 is 5.32 Å². The number of carboxylic acid groups (broad SMARTS) is 1. The van der Waals surface area contributed by atoms with Crippen molar-refractivity contribution < 1.29 is 14.7 Å². The normalized spacial score (nSPS) is 12.3. The summed E-state index contributed by atoms with van der Waals surface area (Å²) in [6.45, 7) is 5.69. The van der Waals surface area contributed by atoms with Crippen LogP contribution in [0.1, 0.15) is 47.9 Å². The highest BCUT2D eigenvalue weighted by Gasteiger charge is 2.20. The third-order valence-corrected chi connectivity index (χ3v) is 3.42. The van der Waals surface area contributed by atoms with Gasteiger partial charge in [-0.05, 0) is 26.3 Å². The van der Waals surface area contributed by atoms with Gasteiger partial charge < -0.3 is 10.4 Å². The number of rotatable bonds is 6. The second-order valence-corrected chi connectivity index (χ2v) is 5.39. The largest absolute Gasteiger partial charge is 0.481 e. The monoisotopic (exact) mass is 304 g/mol. The Morgan fingerprint density at radius 1 is 1.41 bits per heavy atom. The third-order valence-electron chi connectivity index (χ3n) is 3.42. The predicted molar refractivity (Wildman–Crippen MR) is 80.9 cm³/mol. The van der Waals surface area contributed by atoms with E-state index in [1.165, 1.54) is 6.20 Å². The van der Waals surface area contributed by atoms with Crippen LogP contribution in [0.15, 0.2) is 12.3 Å². The molecule has 7 heteroatoms. The van der Waals surface area contributed by atoms with Crippen molar-refractivity contribution in [2.24, 2.45) is 0 Å². The van der Waals surface area contributed by atoms with Gasteiger partial charge in [0.2, 0.25) is 0 Å². The van der Waals surface area contributed by atoms with Gasteiger partial charge in [0.25, 0.3) is 5.91 Å². The maximum atomic E-state index is 12.4. The molecule has 0 bridgehead atoms. The van der Waals surface area contributed by atoms with Crippen molar-refractivity contribution in [3.8, 4) is 0 Å². The molecule has 0 spiro atoms. The van der Waals surface area contributed by atoms with E-state index in [0.29, 0.717) is 17.6 Å². The van der Waals surface area contributed by atoms with E-state index in [-0.39, 0.29) is 12.3 Å². The number of aliphatic carboxylic acids is 1. The van der Waals surface area contributed by atoms with Crippen LogP contribution in [0.5, 0.6) is 0 Å². The molecule has 1 amide bonds. The van der Waals surface area contributed by atoms with Gasteiger partial charge in [0.15, 0.2) is 5.65 Å². The number of nitrogens with one attached hydrogen (secondary N) is 1. The molecule has 2 N–H and O–H groups in total. The molecule has 2 aromatic heterocycles. The van der Waals surface area contributed by atoms with Crippen molar-refractivity contribution in [2.45, 2.75) is 46.1 Å². The minimum atomic E-state index is -0.927. The van der Waals surface area contributed by atoms with E-state index in [1.54, 1.807) is 4.52 Å². The molecule has 118 valence electrons. The summed E-state index contributed by atoms with van der Waals surface area (Å²) in [5.74, 6) is -1.27. The number of amides is 1. The fourth-order valence-corrected chi connectivity index (χ4v) is 2.48. The molecule has 0 radical (unpaired) electrons. The average Bonchev–Trinajstić information content (AvgIpc) is 2.82. The minimum Gasteiger partial charge on any atom is -0.481 e. The molecular formula is C15H20N4O3. The van der Waals surface area contributed by atoms with Crippen LogP contribution in [0.3, 0.4) is 0 Å². The van der Waals surface area contributed by atoms with Crippen LogP contribution in [0.25, 0.3) is 5.65 Å². The Kier molecular flexibility index (Phi) is 4.75. The Morgan fingerprint density at radius 2 is 2.14 bits per heavy atom. The lowest BCUT2D eigenvalue weighted by Crippen LogP contribution is -2.36. The zero-order chi connectivity index (χ0) is 16.3. The van der Waals surface area contributed by atoms with Gasteiger partial charge >= 0.3 is 5.97 Å². The first-order valence-electron chi connectivity index (χ1n) is 7.27. The van der Waals surface area contributed by atoms with E-state index < -0.39 is 12.0 Å². The summed E-state index contributed by atoms with van der Waals surface area (Å²) in [6.07, 6.45) is 2.78. The zero-order valence-corrected chi connectivity index (χ0v) is 13.0. The number of carboxylic acids is 1. The first-order valence-corrected chi connectivity index (χ1v) is 7.27. The summed E-state index contributed by atoms with van der Waals surface area (Å²) in [5.41, 5.74) is 2.53. The SMILES string of the molecule is CCC[C@H](CC(=O)O)NC(=O)c1cnn2c(C)cc(C)nc12. The van der Waals surface area contributed by atoms with Crippen LogP contribution in [-0.2, 0) is 4.79 Å². The van der Waals surface area contributed by atoms with Crippen molar-refractivity contribution in [1.82, 2.24) is 19.9 Å². The predicted octanol–water partition coefficient (Wildman–Crippen LogP) is 1.72. The number of carbonyl (C=O) groups excluding carboxylic acids is 1. The summed E-state index contributed by atoms with van der Waals surface area (Å²) >= 11 is 0. The molecule has 7 nitrogen and oxygen atoms in total. The molecule has 0 aliphatic heterocycles. The van der Waals surface area contributed by atoms with Gasteiger partial charge in [-0.15, -0.1) is 0 Å². The van der Waals surface area contributed by atoms with Crippen molar-refractivity contribution in [1.29, 1.82) is 0 Å². The summed E-state index contributed by atoms with van der Waals surface area (Å²) in [4.78, 5) is 27.6. The number of hydrogen-bond acceptors (Lipinski definition) is 4. The first kappa shape index (κ1) is 15.9. The van der Waals surface area contributed by atoms with Crippen LogP contribution in [0.4, 0.5) is 0 Å². The van der Waals surface area contributed by atoms with Gasteiger partial charge in [-0.2, -0.15) is 5.10 Å². The third kappa shape index (κ3) is 3.41. The summed E-state index contributed by atoms with van der Waals surface area (Å²) in [5, 5.41) is 15.9. The number of fused-ring (bicyclic) bond motifs is 1. The molecular weight excluding hydrogens is 284 g/mol. The lowest BCUT2D eigenvalue weighted by atomic mass is 10.1. The van der Waals surface area contributed by atoms with E-state index in [0.717, 1.165) is 17.8 Å². The fourth-order valence-electron chi connectivity index (χ4n) is 2.48. The Balaban J connectivity index is 2.27. The fraction of sp³-hybridized carbons (Fsp3) is 0.467. The average molecular weight is 304 g/mol. The summed E-state index contributed by atoms with van der Waals surface area (Å²) in [7, 11) is 0. The molecule has 0 saturated carbocycles. The molecule has 0 saturated heterocycles. The molecule has 2 rings (SSSR count). The van der Waals surface area contributed by atoms with Crippen LogP contribution >= 0.6 is 0 Å². The Labute approximate surface area is 128 Å². The summed E-state index contributed by atoms with van der Waals surface area (Å²) in [6, 6.07) is 1.49. The Bertz CT molecular complexity index is 708. The molecule has 0 fully saturated rings.